The fraction of sp³-hybridized carbons (Fsp3) is 0.190. The molecular formula is C21H22N4O2. The number of anilines is 2. The summed E-state index contributed by atoms with van der Waals surface area (Å²) < 4.78 is 5.14. The predicted octanol–water partition coefficient (Wildman–Crippen LogP) is 3.97. The Hall–Kier alpha value is -3.41. The van der Waals surface area contributed by atoms with Gasteiger partial charge >= 0.3 is 0 Å². The van der Waals surface area contributed by atoms with E-state index in [1.807, 2.05) is 56.3 Å². The fourth-order valence-electron chi connectivity index (χ4n) is 2.66. The fourth-order valence-corrected chi connectivity index (χ4v) is 2.66. The van der Waals surface area contributed by atoms with Crippen molar-refractivity contribution in [3.63, 3.8) is 0 Å². The van der Waals surface area contributed by atoms with Crippen molar-refractivity contribution in [1.82, 2.24) is 9.97 Å². The van der Waals surface area contributed by atoms with Gasteiger partial charge < -0.3 is 15.4 Å². The summed E-state index contributed by atoms with van der Waals surface area (Å²) in [7, 11) is 1.64. The zero-order chi connectivity index (χ0) is 19.2. The molecule has 0 saturated heterocycles. The van der Waals surface area contributed by atoms with Gasteiger partial charge in [0.15, 0.2) is 0 Å². The number of rotatable bonds is 6. The molecule has 0 radical (unpaired) electrons. The Kier molecular flexibility index (Phi) is 5.66. The van der Waals surface area contributed by atoms with Gasteiger partial charge in [0, 0.05) is 24.6 Å². The van der Waals surface area contributed by atoms with Crippen LogP contribution < -0.4 is 15.4 Å². The molecule has 1 amide bonds. The first-order chi connectivity index (χ1) is 13.1. The van der Waals surface area contributed by atoms with Gasteiger partial charge in [-0.2, -0.15) is 0 Å². The van der Waals surface area contributed by atoms with Gasteiger partial charge in [0.1, 0.15) is 5.75 Å². The summed E-state index contributed by atoms with van der Waals surface area (Å²) in [6.07, 6.45) is 3.04. The number of benzene rings is 2. The summed E-state index contributed by atoms with van der Waals surface area (Å²) in [6, 6.07) is 13.6. The third-order valence-electron chi connectivity index (χ3n) is 4.24. The van der Waals surface area contributed by atoms with Crippen molar-refractivity contribution >= 4 is 17.5 Å². The quantitative estimate of drug-likeness (QED) is 0.694. The second kappa shape index (κ2) is 8.31. The van der Waals surface area contributed by atoms with Crippen molar-refractivity contribution in [3.8, 4) is 5.75 Å². The molecule has 3 aromatic rings. The average Bonchev–Trinajstić information content (AvgIpc) is 2.70. The number of para-hydroxylation sites is 1. The summed E-state index contributed by atoms with van der Waals surface area (Å²) in [4.78, 5) is 20.9. The van der Waals surface area contributed by atoms with E-state index < -0.39 is 0 Å². The van der Waals surface area contributed by atoms with Crippen molar-refractivity contribution < 1.29 is 9.53 Å². The first kappa shape index (κ1) is 18.4. The van der Waals surface area contributed by atoms with Gasteiger partial charge in [-0.05, 0) is 42.7 Å². The van der Waals surface area contributed by atoms with E-state index in [0.717, 1.165) is 28.1 Å². The summed E-state index contributed by atoms with van der Waals surface area (Å²) >= 11 is 0. The van der Waals surface area contributed by atoms with Gasteiger partial charge in [0.25, 0.3) is 5.91 Å². The number of nitrogens with zero attached hydrogens (tertiary/aromatic N) is 2. The number of aromatic nitrogens is 2. The minimum atomic E-state index is -0.228. The Balaban J connectivity index is 1.61. The minimum Gasteiger partial charge on any atom is -0.497 e. The van der Waals surface area contributed by atoms with E-state index in [2.05, 4.69) is 20.6 Å². The molecule has 0 spiro atoms. The van der Waals surface area contributed by atoms with Gasteiger partial charge in [-0.15, -0.1) is 0 Å². The SMILES string of the molecule is COc1ccc(CNc2ncc(C(=O)Nc3c(C)cccc3C)cn2)cc1. The van der Waals surface area contributed by atoms with Crippen LogP contribution in [0.25, 0.3) is 0 Å². The number of carbonyl (C=O) groups excluding carboxylic acids is 1. The van der Waals surface area contributed by atoms with Gasteiger partial charge in [-0.1, -0.05) is 30.3 Å². The molecule has 0 aliphatic carbocycles. The van der Waals surface area contributed by atoms with Crippen LogP contribution in [0.2, 0.25) is 0 Å². The van der Waals surface area contributed by atoms with Crippen molar-refractivity contribution in [2.24, 2.45) is 0 Å². The number of hydrogen-bond acceptors (Lipinski definition) is 5. The van der Waals surface area contributed by atoms with Gasteiger partial charge in [-0.3, -0.25) is 4.79 Å². The Morgan fingerprint density at radius 1 is 1.00 bits per heavy atom. The molecule has 0 fully saturated rings. The molecule has 0 aliphatic rings. The third-order valence-corrected chi connectivity index (χ3v) is 4.24. The lowest BCUT2D eigenvalue weighted by Crippen LogP contribution is -2.15. The van der Waals surface area contributed by atoms with Crippen LogP contribution in [0.1, 0.15) is 27.0 Å². The van der Waals surface area contributed by atoms with Crippen LogP contribution >= 0.6 is 0 Å². The molecule has 0 atom stereocenters. The van der Waals surface area contributed by atoms with Crippen LogP contribution in [-0.4, -0.2) is 23.0 Å². The zero-order valence-electron chi connectivity index (χ0n) is 15.6. The molecule has 6 nitrogen and oxygen atoms in total. The van der Waals surface area contributed by atoms with Crippen LogP contribution in [0, 0.1) is 13.8 Å². The average molecular weight is 362 g/mol. The predicted molar refractivity (Wildman–Crippen MR) is 106 cm³/mol. The van der Waals surface area contributed by atoms with Crippen LogP contribution in [0.15, 0.2) is 54.9 Å². The number of nitrogens with one attached hydrogen (secondary N) is 2. The molecule has 2 aromatic carbocycles. The Morgan fingerprint density at radius 3 is 2.22 bits per heavy atom. The second-order valence-electron chi connectivity index (χ2n) is 6.22. The van der Waals surface area contributed by atoms with Crippen molar-refractivity contribution in [2.45, 2.75) is 20.4 Å². The molecule has 6 heteroatoms. The monoisotopic (exact) mass is 362 g/mol. The number of carbonyl (C=O) groups is 1. The molecule has 0 aliphatic heterocycles. The third kappa shape index (κ3) is 4.61. The highest BCUT2D eigenvalue weighted by molar-refractivity contribution is 6.04. The van der Waals surface area contributed by atoms with Crippen molar-refractivity contribution in [3.05, 3.63) is 77.1 Å². The summed E-state index contributed by atoms with van der Waals surface area (Å²) in [5.41, 5.74) is 4.34. The normalized spacial score (nSPS) is 10.3. The summed E-state index contributed by atoms with van der Waals surface area (Å²) in [5.74, 6) is 1.05. The first-order valence-corrected chi connectivity index (χ1v) is 8.63. The van der Waals surface area contributed by atoms with Crippen molar-refractivity contribution in [2.75, 3.05) is 17.7 Å². The molecule has 2 N–H and O–H groups in total. The topological polar surface area (TPSA) is 76.1 Å². The van der Waals surface area contributed by atoms with Gasteiger partial charge in [0.05, 0.1) is 12.7 Å². The second-order valence-corrected chi connectivity index (χ2v) is 6.22. The minimum absolute atomic E-state index is 0.228. The number of hydrogen-bond donors (Lipinski definition) is 2. The maximum Gasteiger partial charge on any atom is 0.258 e. The van der Waals surface area contributed by atoms with E-state index >= 15 is 0 Å². The Bertz CT molecular complexity index is 902. The largest absolute Gasteiger partial charge is 0.497 e. The molecule has 138 valence electrons. The lowest BCUT2D eigenvalue weighted by Gasteiger charge is -2.11. The van der Waals surface area contributed by atoms with E-state index in [4.69, 9.17) is 4.74 Å². The molecule has 1 heterocycles. The lowest BCUT2D eigenvalue weighted by atomic mass is 10.1. The Labute approximate surface area is 158 Å². The highest BCUT2D eigenvalue weighted by Crippen LogP contribution is 2.20. The van der Waals surface area contributed by atoms with Crippen LogP contribution in [-0.2, 0) is 6.54 Å². The number of aryl methyl sites for hydroxylation is 2. The van der Waals surface area contributed by atoms with Crippen LogP contribution in [0.4, 0.5) is 11.6 Å². The smallest absolute Gasteiger partial charge is 0.258 e. The van der Waals surface area contributed by atoms with Gasteiger partial charge in [-0.25, -0.2) is 9.97 Å². The number of ether oxygens (including phenoxy) is 1. The van der Waals surface area contributed by atoms with Crippen LogP contribution in [0.5, 0.6) is 5.75 Å². The number of amides is 1. The number of methoxy groups -OCH3 is 1. The standard InChI is InChI=1S/C21H22N4O2/c1-14-5-4-6-15(2)19(14)25-20(26)17-12-23-21(24-13-17)22-11-16-7-9-18(27-3)10-8-16/h4-10,12-13H,11H2,1-3H3,(H,25,26)(H,22,23,24). The molecule has 27 heavy (non-hydrogen) atoms. The molecule has 1 aromatic heterocycles. The molecular weight excluding hydrogens is 340 g/mol. The Morgan fingerprint density at radius 2 is 1.63 bits per heavy atom. The van der Waals surface area contributed by atoms with Gasteiger partial charge in [0.2, 0.25) is 5.95 Å². The van der Waals surface area contributed by atoms with E-state index in [9.17, 15) is 4.79 Å². The van der Waals surface area contributed by atoms with E-state index in [-0.39, 0.29) is 5.91 Å². The van der Waals surface area contributed by atoms with E-state index in [0.29, 0.717) is 18.1 Å². The zero-order valence-corrected chi connectivity index (χ0v) is 15.6. The maximum atomic E-state index is 12.4. The lowest BCUT2D eigenvalue weighted by molar-refractivity contribution is 0.102. The molecule has 0 saturated carbocycles. The van der Waals surface area contributed by atoms with E-state index in [1.54, 1.807) is 7.11 Å². The highest BCUT2D eigenvalue weighted by atomic mass is 16.5. The van der Waals surface area contributed by atoms with E-state index in [1.165, 1.54) is 12.4 Å². The van der Waals surface area contributed by atoms with Crippen molar-refractivity contribution in [1.29, 1.82) is 0 Å². The first-order valence-electron chi connectivity index (χ1n) is 8.63. The highest BCUT2D eigenvalue weighted by Gasteiger charge is 2.10. The maximum absolute atomic E-state index is 12.4. The molecule has 0 unspecified atom stereocenters. The molecule has 0 bridgehead atoms. The summed E-state index contributed by atoms with van der Waals surface area (Å²) in [5, 5.41) is 6.07. The molecule has 3 rings (SSSR count). The van der Waals surface area contributed by atoms with Crippen LogP contribution in [0.3, 0.4) is 0 Å². The summed E-state index contributed by atoms with van der Waals surface area (Å²) in [6.45, 7) is 4.51.